The normalized spacial score (nSPS) is 14.1. The zero-order valence-electron chi connectivity index (χ0n) is 24.5. The summed E-state index contributed by atoms with van der Waals surface area (Å²) in [5, 5.41) is 9.39. The Morgan fingerprint density at radius 1 is 1.11 bits per heavy atom. The molecule has 45 heavy (non-hydrogen) atoms. The Kier molecular flexibility index (Phi) is 10.4. The van der Waals surface area contributed by atoms with Crippen LogP contribution >= 0.6 is 49.9 Å². The number of hydrogen-bond acceptors (Lipinski definition) is 9. The van der Waals surface area contributed by atoms with Crippen molar-refractivity contribution in [3.8, 4) is 23.3 Å². The van der Waals surface area contributed by atoms with Gasteiger partial charge in [-0.3, -0.25) is 9.36 Å². The molecule has 0 aliphatic carbocycles. The highest BCUT2D eigenvalue weighted by atomic mass is 127. The Balaban J connectivity index is 1.54. The molecular weight excluding hydrogens is 773 g/mol. The summed E-state index contributed by atoms with van der Waals surface area (Å²) in [6.07, 6.45) is 3.24. The third-order valence-electron chi connectivity index (χ3n) is 6.84. The van der Waals surface area contributed by atoms with E-state index in [1.165, 1.54) is 29.2 Å². The number of thiazole rings is 1. The topological polar surface area (TPSA) is 112 Å². The third-order valence-corrected chi connectivity index (χ3v) is 9.22. The molecule has 230 valence electrons. The van der Waals surface area contributed by atoms with Gasteiger partial charge in [0.1, 0.15) is 12.4 Å². The van der Waals surface area contributed by atoms with Gasteiger partial charge in [0.05, 0.1) is 56.1 Å². The van der Waals surface area contributed by atoms with Gasteiger partial charge in [-0.2, -0.15) is 5.26 Å². The SMILES string of the molecule is CCOc1ccc([C@H]2C(C(=O)OC)=CN=c3s/c(=C\c4cc(Br)c(OCc5ccccc5C#N)c(I)c4)c(=O)n32)cc1OCC. The summed E-state index contributed by atoms with van der Waals surface area (Å²) >= 11 is 7.02. The summed E-state index contributed by atoms with van der Waals surface area (Å²) in [7, 11) is 1.30. The van der Waals surface area contributed by atoms with Crippen LogP contribution in [0.3, 0.4) is 0 Å². The molecule has 1 aliphatic rings. The maximum absolute atomic E-state index is 14.0. The molecule has 9 nitrogen and oxygen atoms in total. The minimum absolute atomic E-state index is 0.222. The second kappa shape index (κ2) is 14.4. The van der Waals surface area contributed by atoms with Crippen molar-refractivity contribution in [1.29, 1.82) is 5.26 Å². The number of esters is 1. The van der Waals surface area contributed by atoms with E-state index in [1.54, 1.807) is 24.3 Å². The number of rotatable bonds is 10. The minimum Gasteiger partial charge on any atom is -0.490 e. The van der Waals surface area contributed by atoms with E-state index in [9.17, 15) is 14.9 Å². The van der Waals surface area contributed by atoms with E-state index < -0.39 is 12.0 Å². The van der Waals surface area contributed by atoms with Gasteiger partial charge in [-0.1, -0.05) is 35.6 Å². The zero-order chi connectivity index (χ0) is 32.1. The molecule has 0 bridgehead atoms. The molecular formula is C33H27BrIN3O6S. The summed E-state index contributed by atoms with van der Waals surface area (Å²) in [5.41, 5.74) is 2.69. The lowest BCUT2D eigenvalue weighted by molar-refractivity contribution is -0.136. The van der Waals surface area contributed by atoms with Crippen molar-refractivity contribution in [3.63, 3.8) is 0 Å². The number of hydrogen-bond donors (Lipinski definition) is 0. The average molecular weight is 800 g/mol. The number of benzene rings is 3. The lowest BCUT2D eigenvalue weighted by Gasteiger charge is -2.23. The van der Waals surface area contributed by atoms with Gasteiger partial charge < -0.3 is 18.9 Å². The second-order valence-corrected chi connectivity index (χ2v) is 12.6. The standard InChI is InChI=1S/C33H27BrIN3O6S/c1-4-42-26-11-10-20(15-27(26)43-5-2)29-23(32(40)41-3)17-37-33-38(29)31(39)28(45-33)14-19-12-24(34)30(25(35)13-19)44-18-22-9-7-6-8-21(22)16-36/h6-15,17,29H,4-5,18H2,1-3H3/b28-14-/t29-/m0/s1. The van der Waals surface area contributed by atoms with Crippen LogP contribution in [0, 0.1) is 14.9 Å². The fourth-order valence-corrected chi connectivity index (χ4v) is 7.58. The van der Waals surface area contributed by atoms with Crippen LogP contribution in [0.2, 0.25) is 0 Å². The molecule has 5 rings (SSSR count). The summed E-state index contributed by atoms with van der Waals surface area (Å²) < 4.78 is 26.2. The smallest absolute Gasteiger partial charge is 0.337 e. The van der Waals surface area contributed by atoms with Gasteiger partial charge in [0.25, 0.3) is 5.56 Å². The van der Waals surface area contributed by atoms with Crippen LogP contribution in [0.15, 0.2) is 80.6 Å². The Bertz CT molecular complexity index is 2010. The maximum atomic E-state index is 14.0. The Morgan fingerprint density at radius 2 is 1.87 bits per heavy atom. The van der Waals surface area contributed by atoms with Gasteiger partial charge >= 0.3 is 5.97 Å². The number of carbonyl (C=O) groups excluding carboxylic acids is 1. The number of halogens is 2. The number of methoxy groups -OCH3 is 1. The van der Waals surface area contributed by atoms with E-state index >= 15 is 0 Å². The first kappa shape index (κ1) is 32.5. The fraction of sp³-hybridized carbons (Fsp3) is 0.212. The van der Waals surface area contributed by atoms with Gasteiger partial charge in [-0.15, -0.1) is 0 Å². The van der Waals surface area contributed by atoms with Crippen LogP contribution in [0.5, 0.6) is 17.2 Å². The van der Waals surface area contributed by atoms with Crippen molar-refractivity contribution in [3.05, 3.63) is 116 Å². The summed E-state index contributed by atoms with van der Waals surface area (Å²) in [4.78, 5) is 31.8. The summed E-state index contributed by atoms with van der Waals surface area (Å²) in [6.45, 7) is 4.86. The largest absolute Gasteiger partial charge is 0.490 e. The van der Waals surface area contributed by atoms with Crippen molar-refractivity contribution in [2.75, 3.05) is 20.3 Å². The summed E-state index contributed by atoms with van der Waals surface area (Å²) in [5.74, 6) is 1.13. The van der Waals surface area contributed by atoms with E-state index in [4.69, 9.17) is 18.9 Å². The highest BCUT2D eigenvalue weighted by molar-refractivity contribution is 14.1. The number of nitrogens with zero attached hydrogens (tertiary/aromatic N) is 3. The molecule has 1 aromatic heterocycles. The zero-order valence-corrected chi connectivity index (χ0v) is 29.1. The van der Waals surface area contributed by atoms with Gasteiger partial charge in [0.2, 0.25) is 0 Å². The molecule has 0 spiro atoms. The van der Waals surface area contributed by atoms with Gasteiger partial charge in [-0.05, 0) is 99.9 Å². The molecule has 0 unspecified atom stereocenters. The quantitative estimate of drug-likeness (QED) is 0.151. The van der Waals surface area contributed by atoms with Crippen molar-refractivity contribution in [2.45, 2.75) is 26.5 Å². The average Bonchev–Trinajstić information content (AvgIpc) is 3.35. The van der Waals surface area contributed by atoms with Crippen molar-refractivity contribution in [2.24, 2.45) is 4.99 Å². The molecule has 0 N–H and O–H groups in total. The van der Waals surface area contributed by atoms with Crippen molar-refractivity contribution >= 4 is 61.9 Å². The lowest BCUT2D eigenvalue weighted by Crippen LogP contribution is -2.39. The predicted octanol–water partition coefficient (Wildman–Crippen LogP) is 5.63. The van der Waals surface area contributed by atoms with E-state index in [0.29, 0.717) is 55.4 Å². The number of aromatic nitrogens is 1. The van der Waals surface area contributed by atoms with Crippen molar-refractivity contribution < 1.29 is 23.7 Å². The van der Waals surface area contributed by atoms with E-state index in [-0.39, 0.29) is 17.7 Å². The number of nitriles is 1. The first-order valence-corrected chi connectivity index (χ1v) is 16.6. The summed E-state index contributed by atoms with van der Waals surface area (Å²) in [6, 6.07) is 17.8. The molecule has 0 saturated heterocycles. The first-order chi connectivity index (χ1) is 21.8. The molecule has 2 heterocycles. The molecule has 12 heteroatoms. The number of carbonyl (C=O) groups is 1. The predicted molar refractivity (Wildman–Crippen MR) is 182 cm³/mol. The molecule has 1 atom stereocenters. The van der Waals surface area contributed by atoms with E-state index in [1.807, 2.05) is 50.2 Å². The molecule has 0 fully saturated rings. The van der Waals surface area contributed by atoms with Gasteiger partial charge in [-0.25, -0.2) is 9.79 Å². The molecule has 0 amide bonds. The van der Waals surface area contributed by atoms with Crippen LogP contribution < -0.4 is 29.1 Å². The molecule has 3 aromatic carbocycles. The Morgan fingerprint density at radius 3 is 2.58 bits per heavy atom. The molecule has 4 aromatic rings. The van der Waals surface area contributed by atoms with Gasteiger partial charge in [0.15, 0.2) is 16.3 Å². The number of ether oxygens (including phenoxy) is 4. The van der Waals surface area contributed by atoms with E-state index in [2.05, 4.69) is 49.6 Å². The monoisotopic (exact) mass is 799 g/mol. The number of fused-ring (bicyclic) bond motifs is 1. The Labute approximate surface area is 285 Å². The maximum Gasteiger partial charge on any atom is 0.337 e. The van der Waals surface area contributed by atoms with Gasteiger partial charge in [0, 0.05) is 11.8 Å². The molecule has 0 radical (unpaired) electrons. The fourth-order valence-electron chi connectivity index (χ4n) is 4.84. The van der Waals surface area contributed by atoms with Crippen LogP contribution in [-0.2, 0) is 16.1 Å². The first-order valence-electron chi connectivity index (χ1n) is 13.9. The highest BCUT2D eigenvalue weighted by Crippen LogP contribution is 2.36. The van der Waals surface area contributed by atoms with E-state index in [0.717, 1.165) is 14.7 Å². The Hall–Kier alpha value is -3.93. The molecule has 1 aliphatic heterocycles. The highest BCUT2D eigenvalue weighted by Gasteiger charge is 2.31. The minimum atomic E-state index is -0.787. The molecule has 0 saturated carbocycles. The van der Waals surface area contributed by atoms with Crippen molar-refractivity contribution in [1.82, 2.24) is 4.57 Å². The van der Waals surface area contributed by atoms with Crippen LogP contribution in [0.1, 0.15) is 42.1 Å². The second-order valence-electron chi connectivity index (χ2n) is 9.62. The van der Waals surface area contributed by atoms with Crippen LogP contribution in [0.4, 0.5) is 0 Å². The van der Waals surface area contributed by atoms with Crippen LogP contribution in [-0.4, -0.2) is 30.9 Å². The lowest BCUT2D eigenvalue weighted by atomic mass is 9.97. The third kappa shape index (κ3) is 6.85. The van der Waals surface area contributed by atoms with Crippen LogP contribution in [0.25, 0.3) is 6.08 Å².